The van der Waals surface area contributed by atoms with Crippen molar-refractivity contribution in [1.29, 1.82) is 0 Å². The zero-order valence-electron chi connectivity index (χ0n) is 11.1. The largest absolute Gasteiger partial charge is 0.488 e. The highest BCUT2D eigenvalue weighted by atomic mass is 19.1. The lowest BCUT2D eigenvalue weighted by Crippen LogP contribution is -2.47. The maximum Gasteiger partial charge on any atom is 0.165 e. The molecule has 1 aromatic rings. The van der Waals surface area contributed by atoms with E-state index in [2.05, 4.69) is 4.90 Å². The highest BCUT2D eigenvalue weighted by Crippen LogP contribution is 2.37. The van der Waals surface area contributed by atoms with Crippen LogP contribution in [0, 0.1) is 5.82 Å². The van der Waals surface area contributed by atoms with Crippen LogP contribution < -0.4 is 10.5 Å². The summed E-state index contributed by atoms with van der Waals surface area (Å²) in [6, 6.07) is 5.17. The van der Waals surface area contributed by atoms with Gasteiger partial charge in [0.05, 0.1) is 12.1 Å². The van der Waals surface area contributed by atoms with Gasteiger partial charge in [-0.05, 0) is 32.0 Å². The first-order valence-electron chi connectivity index (χ1n) is 7.18. The first-order chi connectivity index (χ1) is 9.27. The summed E-state index contributed by atoms with van der Waals surface area (Å²) in [5.74, 6) is 0.127. The molecule has 2 N–H and O–H groups in total. The summed E-state index contributed by atoms with van der Waals surface area (Å²) in [7, 11) is 0. The fraction of sp³-hybridized carbons (Fsp3) is 0.600. The van der Waals surface area contributed by atoms with Crippen molar-refractivity contribution < 1.29 is 9.13 Å². The number of nitrogens with zero attached hydrogens (tertiary/aromatic N) is 1. The third-order valence-electron chi connectivity index (χ3n) is 4.18. The molecule has 0 radical (unpaired) electrons. The maximum absolute atomic E-state index is 13.8. The Morgan fingerprint density at radius 3 is 2.63 bits per heavy atom. The quantitative estimate of drug-likeness (QED) is 0.847. The molecule has 2 heterocycles. The lowest BCUT2D eigenvalue weighted by atomic mass is 9.94. The van der Waals surface area contributed by atoms with E-state index in [0.717, 1.165) is 18.7 Å². The Morgan fingerprint density at radius 2 is 1.89 bits per heavy atom. The number of hydrogen-bond donors (Lipinski definition) is 1. The standard InChI is InChI=1S/C15H21FN2O/c16-12-7-5-6-11-14(13(17)10-19-15(11)12)18-8-3-1-2-4-9-18/h5-7,13-14H,1-4,8-10,17H2. The molecule has 0 aliphatic carbocycles. The molecule has 0 bridgehead atoms. The van der Waals surface area contributed by atoms with Crippen molar-refractivity contribution in [2.24, 2.45) is 5.73 Å². The van der Waals surface area contributed by atoms with E-state index in [1.54, 1.807) is 6.07 Å². The molecule has 3 nitrogen and oxygen atoms in total. The number of halogens is 1. The van der Waals surface area contributed by atoms with Crippen LogP contribution in [-0.4, -0.2) is 30.6 Å². The first-order valence-corrected chi connectivity index (χ1v) is 7.18. The van der Waals surface area contributed by atoms with Gasteiger partial charge >= 0.3 is 0 Å². The van der Waals surface area contributed by atoms with Crippen LogP contribution in [0.3, 0.4) is 0 Å². The molecule has 19 heavy (non-hydrogen) atoms. The number of hydrogen-bond acceptors (Lipinski definition) is 3. The molecular formula is C15H21FN2O. The Bertz CT molecular complexity index is 444. The van der Waals surface area contributed by atoms with Gasteiger partial charge in [-0.3, -0.25) is 4.90 Å². The summed E-state index contributed by atoms with van der Waals surface area (Å²) in [5.41, 5.74) is 7.15. The molecule has 2 aliphatic rings. The van der Waals surface area contributed by atoms with Gasteiger partial charge < -0.3 is 10.5 Å². The maximum atomic E-state index is 13.8. The summed E-state index contributed by atoms with van der Waals surface area (Å²) in [4.78, 5) is 2.42. The number of ether oxygens (including phenoxy) is 1. The molecule has 0 aromatic heterocycles. The van der Waals surface area contributed by atoms with Gasteiger partial charge in [0.25, 0.3) is 0 Å². The van der Waals surface area contributed by atoms with Crippen molar-refractivity contribution in [3.05, 3.63) is 29.6 Å². The van der Waals surface area contributed by atoms with Crippen LogP contribution >= 0.6 is 0 Å². The van der Waals surface area contributed by atoms with E-state index in [9.17, 15) is 4.39 Å². The van der Waals surface area contributed by atoms with Gasteiger partial charge in [0.15, 0.2) is 11.6 Å². The fourth-order valence-electron chi connectivity index (χ4n) is 3.25. The van der Waals surface area contributed by atoms with Crippen LogP contribution in [0.25, 0.3) is 0 Å². The summed E-state index contributed by atoms with van der Waals surface area (Å²) >= 11 is 0. The number of benzene rings is 1. The molecule has 2 unspecified atom stereocenters. The molecule has 2 aliphatic heterocycles. The summed E-state index contributed by atoms with van der Waals surface area (Å²) < 4.78 is 19.3. The van der Waals surface area contributed by atoms with Crippen LogP contribution in [0.1, 0.15) is 37.3 Å². The van der Waals surface area contributed by atoms with Crippen molar-refractivity contribution in [1.82, 2.24) is 4.90 Å². The summed E-state index contributed by atoms with van der Waals surface area (Å²) in [5, 5.41) is 0. The minimum absolute atomic E-state index is 0.0765. The average Bonchev–Trinajstić information content (AvgIpc) is 2.67. The van der Waals surface area contributed by atoms with Gasteiger partial charge in [-0.1, -0.05) is 25.0 Å². The summed E-state index contributed by atoms with van der Waals surface area (Å²) in [6.07, 6.45) is 4.97. The lowest BCUT2D eigenvalue weighted by Gasteiger charge is -2.39. The highest BCUT2D eigenvalue weighted by Gasteiger charge is 2.34. The van der Waals surface area contributed by atoms with E-state index >= 15 is 0 Å². The van der Waals surface area contributed by atoms with Gasteiger partial charge in [0.2, 0.25) is 0 Å². The van der Waals surface area contributed by atoms with Gasteiger partial charge in [-0.15, -0.1) is 0 Å². The number of nitrogens with two attached hydrogens (primary N) is 1. The third kappa shape index (κ3) is 2.47. The second kappa shape index (κ2) is 5.47. The number of fused-ring (bicyclic) bond motifs is 1. The Morgan fingerprint density at radius 1 is 1.16 bits per heavy atom. The monoisotopic (exact) mass is 264 g/mol. The molecular weight excluding hydrogens is 243 g/mol. The Labute approximate surface area is 113 Å². The van der Waals surface area contributed by atoms with Crippen LogP contribution in [0.2, 0.25) is 0 Å². The highest BCUT2D eigenvalue weighted by molar-refractivity contribution is 5.40. The van der Waals surface area contributed by atoms with E-state index in [-0.39, 0.29) is 17.9 Å². The topological polar surface area (TPSA) is 38.5 Å². The third-order valence-corrected chi connectivity index (χ3v) is 4.18. The molecule has 1 fully saturated rings. The lowest BCUT2D eigenvalue weighted by molar-refractivity contribution is 0.118. The Balaban J connectivity index is 1.93. The average molecular weight is 264 g/mol. The molecule has 1 aromatic carbocycles. The smallest absolute Gasteiger partial charge is 0.165 e. The zero-order valence-corrected chi connectivity index (χ0v) is 11.1. The van der Waals surface area contributed by atoms with Gasteiger partial charge in [-0.2, -0.15) is 0 Å². The summed E-state index contributed by atoms with van der Waals surface area (Å²) in [6.45, 7) is 2.50. The Kier molecular flexibility index (Phi) is 3.71. The van der Waals surface area contributed by atoms with Crippen molar-refractivity contribution in [2.45, 2.75) is 37.8 Å². The van der Waals surface area contributed by atoms with E-state index in [1.807, 2.05) is 6.07 Å². The SMILES string of the molecule is NC1COc2c(F)cccc2C1N1CCCCCC1. The molecule has 104 valence electrons. The van der Waals surface area contributed by atoms with Crippen molar-refractivity contribution in [3.8, 4) is 5.75 Å². The van der Waals surface area contributed by atoms with Crippen molar-refractivity contribution in [2.75, 3.05) is 19.7 Å². The molecule has 0 amide bonds. The normalized spacial score (nSPS) is 28.3. The molecule has 3 rings (SSSR count). The first kappa shape index (κ1) is 12.9. The minimum atomic E-state index is -0.274. The van der Waals surface area contributed by atoms with Crippen molar-refractivity contribution >= 4 is 0 Å². The van der Waals surface area contributed by atoms with Crippen LogP contribution in [0.4, 0.5) is 4.39 Å². The number of rotatable bonds is 1. The minimum Gasteiger partial charge on any atom is -0.488 e. The van der Waals surface area contributed by atoms with E-state index in [4.69, 9.17) is 10.5 Å². The van der Waals surface area contributed by atoms with Gasteiger partial charge in [0, 0.05) is 5.56 Å². The molecule has 4 heteroatoms. The Hall–Kier alpha value is -1.13. The van der Waals surface area contributed by atoms with Crippen molar-refractivity contribution in [3.63, 3.8) is 0 Å². The predicted octanol–water partition coefficient (Wildman–Crippen LogP) is 2.46. The van der Waals surface area contributed by atoms with Gasteiger partial charge in [-0.25, -0.2) is 4.39 Å². The fourth-order valence-corrected chi connectivity index (χ4v) is 3.25. The second-order valence-corrected chi connectivity index (χ2v) is 5.53. The van der Waals surface area contributed by atoms with Crippen LogP contribution in [-0.2, 0) is 0 Å². The van der Waals surface area contributed by atoms with E-state index in [1.165, 1.54) is 31.7 Å². The second-order valence-electron chi connectivity index (χ2n) is 5.53. The molecule has 1 saturated heterocycles. The molecule has 0 saturated carbocycles. The zero-order chi connectivity index (χ0) is 13.2. The predicted molar refractivity (Wildman–Crippen MR) is 72.7 cm³/mol. The molecule has 0 spiro atoms. The van der Waals surface area contributed by atoms with E-state index in [0.29, 0.717) is 12.4 Å². The number of para-hydroxylation sites is 1. The number of likely N-dealkylation sites (tertiary alicyclic amines) is 1. The van der Waals surface area contributed by atoms with Crippen LogP contribution in [0.5, 0.6) is 5.75 Å². The van der Waals surface area contributed by atoms with E-state index < -0.39 is 0 Å². The van der Waals surface area contributed by atoms with Crippen LogP contribution in [0.15, 0.2) is 18.2 Å². The molecule has 2 atom stereocenters. The van der Waals surface area contributed by atoms with Gasteiger partial charge in [0.1, 0.15) is 6.61 Å².